The molecular formula is C21H41ClO. The van der Waals surface area contributed by atoms with E-state index in [1.165, 1.54) is 89.9 Å². The van der Waals surface area contributed by atoms with Crippen LogP contribution in [0.5, 0.6) is 0 Å². The third-order valence-corrected chi connectivity index (χ3v) is 5.10. The molecular weight excluding hydrogens is 304 g/mol. The topological polar surface area (TPSA) is 17.1 Å². The minimum Gasteiger partial charge on any atom is -0.303 e. The molecule has 0 spiro atoms. The maximum Gasteiger partial charge on any atom is 0.123 e. The summed E-state index contributed by atoms with van der Waals surface area (Å²) in [7, 11) is 0. The van der Waals surface area contributed by atoms with Crippen LogP contribution in [0.3, 0.4) is 0 Å². The Morgan fingerprint density at radius 2 is 1.04 bits per heavy atom. The first-order valence-electron chi connectivity index (χ1n) is 10.4. The van der Waals surface area contributed by atoms with E-state index in [0.29, 0.717) is 5.88 Å². The lowest BCUT2D eigenvalue weighted by Crippen LogP contribution is -2.02. The van der Waals surface area contributed by atoms with Gasteiger partial charge in [0.1, 0.15) is 6.29 Å². The van der Waals surface area contributed by atoms with E-state index < -0.39 is 0 Å². The molecule has 1 nitrogen and oxygen atoms in total. The molecule has 138 valence electrons. The quantitative estimate of drug-likeness (QED) is 0.133. The monoisotopic (exact) mass is 344 g/mol. The van der Waals surface area contributed by atoms with Crippen molar-refractivity contribution in [1.82, 2.24) is 0 Å². The maximum absolute atomic E-state index is 10.9. The molecule has 0 aliphatic rings. The average Bonchev–Trinajstić information content (AvgIpc) is 2.57. The van der Waals surface area contributed by atoms with Gasteiger partial charge in [0.2, 0.25) is 0 Å². The van der Waals surface area contributed by atoms with Gasteiger partial charge in [0.15, 0.2) is 0 Å². The highest BCUT2D eigenvalue weighted by Gasteiger charge is 2.06. The molecule has 1 atom stereocenters. The summed E-state index contributed by atoms with van der Waals surface area (Å²) in [6.07, 6.45) is 23.6. The maximum atomic E-state index is 10.9. The van der Waals surface area contributed by atoms with Crippen molar-refractivity contribution in [3.8, 4) is 0 Å². The summed E-state index contributed by atoms with van der Waals surface area (Å²) in [6.45, 7) is 2.28. The van der Waals surface area contributed by atoms with E-state index in [9.17, 15) is 4.79 Å². The molecule has 0 radical (unpaired) electrons. The summed E-state index contributed by atoms with van der Waals surface area (Å²) in [5.74, 6) is 0.939. The summed E-state index contributed by atoms with van der Waals surface area (Å²) in [4.78, 5) is 10.9. The number of hydrogen-bond donors (Lipinski definition) is 0. The Bertz CT molecular complexity index is 230. The van der Waals surface area contributed by atoms with E-state index in [0.717, 1.165) is 25.5 Å². The molecule has 0 aliphatic carbocycles. The number of halogens is 1. The molecule has 2 heteroatoms. The van der Waals surface area contributed by atoms with Gasteiger partial charge in [0, 0.05) is 11.8 Å². The van der Waals surface area contributed by atoms with Crippen LogP contribution in [-0.2, 0) is 4.79 Å². The van der Waals surface area contributed by atoms with Gasteiger partial charge >= 0.3 is 0 Å². The van der Waals surface area contributed by atoms with E-state index >= 15 is 0 Å². The zero-order valence-electron chi connectivity index (χ0n) is 15.7. The fourth-order valence-electron chi connectivity index (χ4n) is 3.22. The summed E-state index contributed by atoms with van der Waals surface area (Å²) < 4.78 is 0. The van der Waals surface area contributed by atoms with Crippen molar-refractivity contribution < 1.29 is 4.79 Å². The van der Waals surface area contributed by atoms with Crippen molar-refractivity contribution in [2.24, 2.45) is 5.92 Å². The second kappa shape index (κ2) is 20.0. The summed E-state index contributed by atoms with van der Waals surface area (Å²) in [6, 6.07) is 0. The molecule has 0 aliphatic heterocycles. The molecule has 0 aromatic rings. The predicted molar refractivity (Wildman–Crippen MR) is 104 cm³/mol. The van der Waals surface area contributed by atoms with Gasteiger partial charge in [0.05, 0.1) is 0 Å². The van der Waals surface area contributed by atoms with Gasteiger partial charge in [-0.1, -0.05) is 96.8 Å². The van der Waals surface area contributed by atoms with E-state index in [1.54, 1.807) is 0 Å². The first kappa shape index (κ1) is 23.0. The van der Waals surface area contributed by atoms with Crippen molar-refractivity contribution in [3.05, 3.63) is 0 Å². The smallest absolute Gasteiger partial charge is 0.123 e. The Kier molecular flexibility index (Phi) is 20.0. The van der Waals surface area contributed by atoms with Crippen LogP contribution >= 0.6 is 11.6 Å². The number of carbonyl (C=O) groups is 1. The molecule has 0 rings (SSSR count). The summed E-state index contributed by atoms with van der Waals surface area (Å²) >= 11 is 5.68. The van der Waals surface area contributed by atoms with E-state index in [4.69, 9.17) is 11.6 Å². The zero-order chi connectivity index (χ0) is 17.0. The molecule has 0 amide bonds. The Morgan fingerprint density at radius 1 is 0.652 bits per heavy atom. The van der Waals surface area contributed by atoms with Gasteiger partial charge in [-0.05, 0) is 19.3 Å². The van der Waals surface area contributed by atoms with Gasteiger partial charge < -0.3 is 4.79 Å². The summed E-state index contributed by atoms with van der Waals surface area (Å²) in [5, 5.41) is 0. The van der Waals surface area contributed by atoms with Crippen molar-refractivity contribution in [1.29, 1.82) is 0 Å². The normalized spacial score (nSPS) is 12.4. The number of rotatable bonds is 19. The van der Waals surface area contributed by atoms with Crippen molar-refractivity contribution in [3.63, 3.8) is 0 Å². The first-order chi connectivity index (χ1) is 11.3. The van der Waals surface area contributed by atoms with Gasteiger partial charge in [-0.2, -0.15) is 0 Å². The minimum absolute atomic E-state index is 0.256. The van der Waals surface area contributed by atoms with Crippen LogP contribution in [0.15, 0.2) is 0 Å². The van der Waals surface area contributed by atoms with Crippen LogP contribution in [0.4, 0.5) is 0 Å². The highest BCUT2D eigenvalue weighted by molar-refractivity contribution is 6.17. The standard InChI is InChI=1S/C21H41ClO/c1-2-3-4-5-6-7-8-9-10-11-12-13-14-15-17-21(20-23)18-16-19-22/h20-21H,2-19H2,1H3. The predicted octanol–water partition coefficient (Wildman–Crippen LogP) is 7.69. The SMILES string of the molecule is CCCCCCCCCCCCCCCCC(C=O)CCCCl. The first-order valence-corrected chi connectivity index (χ1v) is 10.9. The fraction of sp³-hybridized carbons (Fsp3) is 0.952. The Morgan fingerprint density at radius 3 is 1.43 bits per heavy atom. The van der Waals surface area contributed by atoms with Crippen LogP contribution in [0.1, 0.15) is 116 Å². The molecule has 0 aromatic heterocycles. The van der Waals surface area contributed by atoms with Crippen LogP contribution < -0.4 is 0 Å². The molecule has 23 heavy (non-hydrogen) atoms. The van der Waals surface area contributed by atoms with Crippen LogP contribution in [0.25, 0.3) is 0 Å². The lowest BCUT2D eigenvalue weighted by Gasteiger charge is -2.08. The number of alkyl halides is 1. The highest BCUT2D eigenvalue weighted by Crippen LogP contribution is 2.16. The number of aldehydes is 1. The Balaban J connectivity index is 3.14. The van der Waals surface area contributed by atoms with Gasteiger partial charge in [-0.3, -0.25) is 0 Å². The molecule has 0 heterocycles. The second-order valence-corrected chi connectivity index (χ2v) is 7.49. The van der Waals surface area contributed by atoms with E-state index in [2.05, 4.69) is 6.92 Å². The van der Waals surface area contributed by atoms with E-state index in [-0.39, 0.29) is 5.92 Å². The average molecular weight is 345 g/mol. The lowest BCUT2D eigenvalue weighted by atomic mass is 9.97. The Hall–Kier alpha value is -0.0400. The van der Waals surface area contributed by atoms with Gasteiger partial charge in [-0.15, -0.1) is 11.6 Å². The third kappa shape index (κ3) is 18.1. The number of hydrogen-bond acceptors (Lipinski definition) is 1. The fourth-order valence-corrected chi connectivity index (χ4v) is 3.38. The largest absolute Gasteiger partial charge is 0.303 e. The third-order valence-electron chi connectivity index (χ3n) is 4.83. The molecule has 0 saturated heterocycles. The van der Waals surface area contributed by atoms with Gasteiger partial charge in [-0.25, -0.2) is 0 Å². The molecule has 0 N–H and O–H groups in total. The number of carbonyl (C=O) groups excluding carboxylic acids is 1. The Labute approximate surface area is 151 Å². The van der Waals surface area contributed by atoms with Crippen molar-refractivity contribution in [2.75, 3.05) is 5.88 Å². The van der Waals surface area contributed by atoms with Crippen molar-refractivity contribution in [2.45, 2.75) is 116 Å². The molecule has 0 fully saturated rings. The van der Waals surface area contributed by atoms with Crippen molar-refractivity contribution >= 4 is 17.9 Å². The highest BCUT2D eigenvalue weighted by atomic mass is 35.5. The van der Waals surface area contributed by atoms with Crippen LogP contribution in [0.2, 0.25) is 0 Å². The second-order valence-electron chi connectivity index (χ2n) is 7.11. The van der Waals surface area contributed by atoms with Crippen LogP contribution in [0, 0.1) is 5.92 Å². The number of unbranched alkanes of at least 4 members (excludes halogenated alkanes) is 13. The molecule has 0 aromatic carbocycles. The van der Waals surface area contributed by atoms with Gasteiger partial charge in [0.25, 0.3) is 0 Å². The zero-order valence-corrected chi connectivity index (χ0v) is 16.4. The minimum atomic E-state index is 0.256. The summed E-state index contributed by atoms with van der Waals surface area (Å²) in [5.41, 5.74) is 0. The lowest BCUT2D eigenvalue weighted by molar-refractivity contribution is -0.111. The molecule has 0 saturated carbocycles. The van der Waals surface area contributed by atoms with E-state index in [1.807, 2.05) is 0 Å². The molecule has 0 bridgehead atoms. The molecule has 1 unspecified atom stereocenters. The van der Waals surface area contributed by atoms with Crippen LogP contribution in [-0.4, -0.2) is 12.2 Å².